The van der Waals surface area contributed by atoms with Crippen LogP contribution in [0.3, 0.4) is 0 Å². The van der Waals surface area contributed by atoms with Crippen molar-refractivity contribution in [3.63, 3.8) is 0 Å². The van der Waals surface area contributed by atoms with Crippen molar-refractivity contribution in [2.24, 2.45) is 0 Å². The fraction of sp³-hybridized carbons (Fsp3) is 0.909. The highest BCUT2D eigenvalue weighted by Gasteiger charge is 2.40. The third-order valence-corrected chi connectivity index (χ3v) is 3.23. The van der Waals surface area contributed by atoms with Gasteiger partial charge < -0.3 is 15.0 Å². The molecule has 1 saturated carbocycles. The van der Waals surface area contributed by atoms with Gasteiger partial charge >= 0.3 is 6.36 Å². The SMILES string of the molecule is CN1CC(NC(=O)COC2CC(OC(F)(F)F)C2)C1. The Balaban J connectivity index is 1.52. The maximum absolute atomic E-state index is 11.9. The monoisotopic (exact) mass is 282 g/mol. The molecule has 1 saturated heterocycles. The number of likely N-dealkylation sites (N-methyl/N-ethyl adjacent to an activating group) is 1. The van der Waals surface area contributed by atoms with Gasteiger partial charge in [-0.2, -0.15) is 0 Å². The minimum absolute atomic E-state index is 0.108. The normalized spacial score (nSPS) is 28.6. The lowest BCUT2D eigenvalue weighted by molar-refractivity contribution is -0.357. The topological polar surface area (TPSA) is 50.8 Å². The van der Waals surface area contributed by atoms with E-state index in [1.54, 1.807) is 0 Å². The molecule has 110 valence electrons. The van der Waals surface area contributed by atoms with Crippen LogP contribution in [0.1, 0.15) is 12.8 Å². The number of nitrogens with one attached hydrogen (secondary N) is 1. The van der Waals surface area contributed by atoms with Crippen LogP contribution in [-0.4, -0.2) is 62.2 Å². The number of nitrogens with zero attached hydrogens (tertiary/aromatic N) is 1. The van der Waals surface area contributed by atoms with Crippen LogP contribution in [0.2, 0.25) is 0 Å². The van der Waals surface area contributed by atoms with Gasteiger partial charge in [0.25, 0.3) is 0 Å². The first-order valence-electron chi connectivity index (χ1n) is 6.16. The molecule has 0 aromatic carbocycles. The van der Waals surface area contributed by atoms with Gasteiger partial charge in [-0.15, -0.1) is 13.2 Å². The van der Waals surface area contributed by atoms with E-state index in [0.717, 1.165) is 13.1 Å². The van der Waals surface area contributed by atoms with Gasteiger partial charge in [0, 0.05) is 25.9 Å². The number of carbonyl (C=O) groups is 1. The van der Waals surface area contributed by atoms with Crippen LogP contribution in [0, 0.1) is 0 Å². The summed E-state index contributed by atoms with van der Waals surface area (Å²) < 4.78 is 44.6. The summed E-state index contributed by atoms with van der Waals surface area (Å²) in [5.41, 5.74) is 0. The molecule has 0 bridgehead atoms. The molecule has 0 atom stereocenters. The number of alkyl halides is 3. The van der Waals surface area contributed by atoms with Gasteiger partial charge in [-0.3, -0.25) is 9.53 Å². The quantitative estimate of drug-likeness (QED) is 0.798. The smallest absolute Gasteiger partial charge is 0.368 e. The van der Waals surface area contributed by atoms with Crippen LogP contribution in [-0.2, 0) is 14.3 Å². The Bertz CT molecular complexity index is 326. The van der Waals surface area contributed by atoms with Crippen LogP contribution in [0.25, 0.3) is 0 Å². The lowest BCUT2D eigenvalue weighted by atomic mass is 9.92. The number of carbonyl (C=O) groups excluding carboxylic acids is 1. The molecule has 8 heteroatoms. The largest absolute Gasteiger partial charge is 0.522 e. The van der Waals surface area contributed by atoms with E-state index in [1.165, 1.54) is 0 Å². The van der Waals surface area contributed by atoms with E-state index in [0.29, 0.717) is 0 Å². The number of rotatable bonds is 5. The second-order valence-corrected chi connectivity index (χ2v) is 5.08. The molecule has 1 aliphatic heterocycles. The van der Waals surface area contributed by atoms with Gasteiger partial charge in [0.05, 0.1) is 18.2 Å². The summed E-state index contributed by atoms with van der Waals surface area (Å²) in [6.07, 6.45) is -5.39. The van der Waals surface area contributed by atoms with Crippen LogP contribution in [0.15, 0.2) is 0 Å². The second kappa shape index (κ2) is 5.64. The Labute approximate surface area is 109 Å². The third kappa shape index (κ3) is 4.63. The highest BCUT2D eigenvalue weighted by atomic mass is 19.4. The highest BCUT2D eigenvalue weighted by Crippen LogP contribution is 2.31. The molecule has 0 spiro atoms. The van der Waals surface area contributed by atoms with E-state index in [2.05, 4.69) is 15.0 Å². The van der Waals surface area contributed by atoms with E-state index in [4.69, 9.17) is 4.74 Å². The van der Waals surface area contributed by atoms with Gasteiger partial charge in [-0.05, 0) is 7.05 Å². The zero-order chi connectivity index (χ0) is 14.0. The van der Waals surface area contributed by atoms with E-state index in [9.17, 15) is 18.0 Å². The molecule has 2 fully saturated rings. The number of ether oxygens (including phenoxy) is 2. The second-order valence-electron chi connectivity index (χ2n) is 5.08. The zero-order valence-corrected chi connectivity index (χ0v) is 10.6. The Kier molecular flexibility index (Phi) is 4.32. The van der Waals surface area contributed by atoms with E-state index in [1.807, 2.05) is 7.05 Å². The minimum atomic E-state index is -4.59. The summed E-state index contributed by atoms with van der Waals surface area (Å²) >= 11 is 0. The zero-order valence-electron chi connectivity index (χ0n) is 10.6. The average molecular weight is 282 g/mol. The Morgan fingerprint density at radius 1 is 1.32 bits per heavy atom. The number of hydrogen-bond donors (Lipinski definition) is 1. The van der Waals surface area contributed by atoms with Gasteiger partial charge in [0.1, 0.15) is 6.61 Å². The summed E-state index contributed by atoms with van der Waals surface area (Å²) in [4.78, 5) is 13.5. The Hall–Kier alpha value is -0.860. The molecule has 1 N–H and O–H groups in total. The highest BCUT2D eigenvalue weighted by molar-refractivity contribution is 5.77. The molecule has 5 nitrogen and oxygen atoms in total. The summed E-state index contributed by atoms with van der Waals surface area (Å²) in [6, 6.07) is 0.156. The van der Waals surface area contributed by atoms with Crippen LogP contribution >= 0.6 is 0 Å². The number of halogens is 3. The maximum atomic E-state index is 11.9. The number of likely N-dealkylation sites (tertiary alicyclic amines) is 1. The molecule has 0 aromatic heterocycles. The van der Waals surface area contributed by atoms with Crippen LogP contribution in [0.5, 0.6) is 0 Å². The number of amides is 1. The fourth-order valence-electron chi connectivity index (χ4n) is 2.19. The van der Waals surface area contributed by atoms with E-state index < -0.39 is 12.5 Å². The van der Waals surface area contributed by atoms with Crippen molar-refractivity contribution >= 4 is 5.91 Å². The fourth-order valence-corrected chi connectivity index (χ4v) is 2.19. The maximum Gasteiger partial charge on any atom is 0.522 e. The first-order valence-corrected chi connectivity index (χ1v) is 6.16. The van der Waals surface area contributed by atoms with E-state index >= 15 is 0 Å². The Morgan fingerprint density at radius 2 is 1.95 bits per heavy atom. The molecule has 19 heavy (non-hydrogen) atoms. The van der Waals surface area contributed by atoms with Gasteiger partial charge in [-0.25, -0.2) is 0 Å². The molecule has 2 aliphatic rings. The lowest BCUT2D eigenvalue weighted by Gasteiger charge is -2.37. The molecular weight excluding hydrogens is 265 g/mol. The van der Waals surface area contributed by atoms with Crippen molar-refractivity contribution in [1.29, 1.82) is 0 Å². The van der Waals surface area contributed by atoms with Crippen molar-refractivity contribution in [3.8, 4) is 0 Å². The summed E-state index contributed by atoms with van der Waals surface area (Å²) in [5, 5.41) is 2.78. The van der Waals surface area contributed by atoms with E-state index in [-0.39, 0.29) is 37.5 Å². The standard InChI is InChI=1S/C11H17F3N2O3/c1-16-4-7(5-16)15-10(17)6-18-8-2-9(3-8)19-11(12,13)14/h7-9H,2-6H2,1H3,(H,15,17). The summed E-state index contributed by atoms with van der Waals surface area (Å²) in [7, 11) is 1.95. The van der Waals surface area contributed by atoms with Crippen molar-refractivity contribution in [2.75, 3.05) is 26.7 Å². The molecule has 1 aliphatic carbocycles. The predicted molar refractivity (Wildman–Crippen MR) is 59.3 cm³/mol. The van der Waals surface area contributed by atoms with Crippen molar-refractivity contribution in [2.45, 2.75) is 37.5 Å². The molecule has 0 aromatic rings. The van der Waals surface area contributed by atoms with Crippen molar-refractivity contribution < 1.29 is 27.4 Å². The average Bonchev–Trinajstić information content (AvgIpc) is 2.17. The third-order valence-electron chi connectivity index (χ3n) is 3.23. The van der Waals surface area contributed by atoms with Gasteiger partial charge in [0.15, 0.2) is 0 Å². The minimum Gasteiger partial charge on any atom is -0.368 e. The first-order chi connectivity index (χ1) is 8.82. The molecular formula is C11H17F3N2O3. The van der Waals surface area contributed by atoms with Crippen molar-refractivity contribution in [3.05, 3.63) is 0 Å². The molecule has 0 radical (unpaired) electrons. The van der Waals surface area contributed by atoms with Gasteiger partial charge in [-0.1, -0.05) is 0 Å². The molecule has 1 amide bonds. The van der Waals surface area contributed by atoms with Crippen molar-refractivity contribution in [1.82, 2.24) is 10.2 Å². The molecule has 2 rings (SSSR count). The molecule has 1 heterocycles. The molecule has 0 unspecified atom stereocenters. The lowest BCUT2D eigenvalue weighted by Crippen LogP contribution is -2.58. The summed E-state index contributed by atoms with van der Waals surface area (Å²) in [5.74, 6) is -0.224. The van der Waals surface area contributed by atoms with Crippen LogP contribution < -0.4 is 5.32 Å². The van der Waals surface area contributed by atoms with Crippen LogP contribution in [0.4, 0.5) is 13.2 Å². The number of hydrogen-bond acceptors (Lipinski definition) is 4. The Morgan fingerprint density at radius 3 is 2.47 bits per heavy atom. The summed E-state index contributed by atoms with van der Waals surface area (Å²) in [6.45, 7) is 1.52. The first kappa shape index (κ1) is 14.5. The predicted octanol–water partition coefficient (Wildman–Crippen LogP) is 0.501. The van der Waals surface area contributed by atoms with Gasteiger partial charge in [0.2, 0.25) is 5.91 Å².